The molecule has 92 valence electrons. The molecule has 0 radical (unpaired) electrons. The van der Waals surface area contributed by atoms with Gasteiger partial charge < -0.3 is 10.1 Å². The van der Waals surface area contributed by atoms with Gasteiger partial charge in [-0.05, 0) is 13.0 Å². The van der Waals surface area contributed by atoms with Crippen molar-refractivity contribution in [2.75, 3.05) is 39.1 Å². The van der Waals surface area contributed by atoms with Crippen molar-refractivity contribution >= 4 is 10.0 Å². The molecule has 0 heterocycles. The lowest BCUT2D eigenvalue weighted by Crippen LogP contribution is -2.33. The molecule has 0 aliphatic rings. The van der Waals surface area contributed by atoms with E-state index in [9.17, 15) is 8.42 Å². The maximum atomic E-state index is 11.3. The average molecular weight is 238 g/mol. The van der Waals surface area contributed by atoms with Crippen LogP contribution in [0.5, 0.6) is 0 Å². The van der Waals surface area contributed by atoms with Crippen LogP contribution in [0.2, 0.25) is 0 Å². The number of nitrogens with one attached hydrogen (secondary N) is 2. The molecule has 0 bridgehead atoms. The van der Waals surface area contributed by atoms with Gasteiger partial charge in [-0.25, -0.2) is 13.1 Å². The zero-order valence-electron chi connectivity index (χ0n) is 9.75. The lowest BCUT2D eigenvalue weighted by atomic mass is 10.2. The second kappa shape index (κ2) is 8.04. The summed E-state index contributed by atoms with van der Waals surface area (Å²) in [5, 5.41) is 2.79. The van der Waals surface area contributed by atoms with Crippen molar-refractivity contribution in [1.29, 1.82) is 0 Å². The van der Waals surface area contributed by atoms with Crippen LogP contribution in [0, 0.1) is 5.92 Å². The van der Waals surface area contributed by atoms with Gasteiger partial charge in [0.15, 0.2) is 0 Å². The molecule has 0 rings (SSSR count). The van der Waals surface area contributed by atoms with Gasteiger partial charge in [0.2, 0.25) is 10.0 Å². The van der Waals surface area contributed by atoms with Gasteiger partial charge >= 0.3 is 0 Å². The molecule has 0 saturated heterocycles. The third kappa shape index (κ3) is 10.1. The van der Waals surface area contributed by atoms with Crippen LogP contribution in [0.1, 0.15) is 13.8 Å². The van der Waals surface area contributed by atoms with Crippen molar-refractivity contribution in [3.05, 3.63) is 0 Å². The summed E-state index contributed by atoms with van der Waals surface area (Å²) in [4.78, 5) is 0. The Morgan fingerprint density at radius 2 is 1.93 bits per heavy atom. The lowest BCUT2D eigenvalue weighted by molar-refractivity contribution is 0.114. The zero-order chi connectivity index (χ0) is 11.7. The molecule has 0 amide bonds. The van der Waals surface area contributed by atoms with Crippen LogP contribution in [0.4, 0.5) is 0 Å². The highest BCUT2D eigenvalue weighted by atomic mass is 32.2. The van der Waals surface area contributed by atoms with Crippen LogP contribution in [0.15, 0.2) is 0 Å². The Bertz CT molecular complexity index is 240. The van der Waals surface area contributed by atoms with Gasteiger partial charge in [-0.1, -0.05) is 13.8 Å². The van der Waals surface area contributed by atoms with Gasteiger partial charge in [0.25, 0.3) is 0 Å². The summed E-state index contributed by atoms with van der Waals surface area (Å²) in [5.74, 6) is 0.583. The largest absolute Gasteiger partial charge is 0.380 e. The van der Waals surface area contributed by atoms with E-state index in [1.807, 2.05) is 0 Å². The fraction of sp³-hybridized carbons (Fsp3) is 1.00. The molecule has 0 aromatic carbocycles. The fourth-order valence-corrected chi connectivity index (χ4v) is 1.91. The molecule has 0 aliphatic carbocycles. The molecular formula is C9H22N2O3S. The third-order valence-electron chi connectivity index (χ3n) is 1.64. The summed E-state index contributed by atoms with van der Waals surface area (Å²) in [6, 6.07) is 0. The fourth-order valence-electron chi connectivity index (χ4n) is 0.897. The highest BCUT2D eigenvalue weighted by Crippen LogP contribution is 1.91. The predicted octanol–water partition coefficient (Wildman–Crippen LogP) is -0.202. The highest BCUT2D eigenvalue weighted by Gasteiger charge is 2.07. The van der Waals surface area contributed by atoms with Crippen molar-refractivity contribution in [2.24, 2.45) is 5.92 Å². The Hall–Kier alpha value is -0.170. The summed E-state index contributed by atoms with van der Waals surface area (Å²) in [5.41, 5.74) is 0. The summed E-state index contributed by atoms with van der Waals surface area (Å²) in [7, 11) is -1.41. The van der Waals surface area contributed by atoms with E-state index < -0.39 is 10.0 Å². The molecule has 5 nitrogen and oxygen atoms in total. The van der Waals surface area contributed by atoms with Crippen molar-refractivity contribution < 1.29 is 13.2 Å². The topological polar surface area (TPSA) is 67.4 Å². The Labute approximate surface area is 92.6 Å². The quantitative estimate of drug-likeness (QED) is 0.546. The Balaban J connectivity index is 3.49. The molecule has 0 saturated carbocycles. The maximum absolute atomic E-state index is 11.3. The van der Waals surface area contributed by atoms with Crippen molar-refractivity contribution in [3.8, 4) is 0 Å². The number of rotatable bonds is 9. The van der Waals surface area contributed by atoms with E-state index in [4.69, 9.17) is 4.74 Å². The minimum absolute atomic E-state index is 0.105. The van der Waals surface area contributed by atoms with E-state index in [0.717, 1.165) is 0 Å². The maximum Gasteiger partial charge on any atom is 0.212 e. The number of hydrogen-bond acceptors (Lipinski definition) is 4. The minimum atomic E-state index is -3.14. The molecule has 0 fully saturated rings. The molecule has 0 unspecified atom stereocenters. The first-order valence-corrected chi connectivity index (χ1v) is 6.83. The van der Waals surface area contributed by atoms with Crippen LogP contribution < -0.4 is 10.0 Å². The van der Waals surface area contributed by atoms with Gasteiger partial charge in [-0.2, -0.15) is 0 Å². The summed E-state index contributed by atoms with van der Waals surface area (Å²) in [6.07, 6.45) is 0. The van der Waals surface area contributed by atoms with Crippen LogP contribution in [-0.2, 0) is 14.8 Å². The normalized spacial score (nSPS) is 12.3. The summed E-state index contributed by atoms with van der Waals surface area (Å²) < 4.78 is 30.3. The van der Waals surface area contributed by atoms with E-state index >= 15 is 0 Å². The van der Waals surface area contributed by atoms with E-state index in [-0.39, 0.29) is 5.75 Å². The van der Waals surface area contributed by atoms with Crippen LogP contribution in [0.3, 0.4) is 0 Å². The van der Waals surface area contributed by atoms with E-state index in [0.29, 0.717) is 32.2 Å². The van der Waals surface area contributed by atoms with E-state index in [1.165, 1.54) is 0 Å². The van der Waals surface area contributed by atoms with Crippen molar-refractivity contribution in [1.82, 2.24) is 10.0 Å². The molecule has 0 aromatic heterocycles. The second-order valence-corrected chi connectivity index (χ2v) is 5.71. The molecule has 0 atom stereocenters. The molecule has 0 spiro atoms. The monoisotopic (exact) mass is 238 g/mol. The molecule has 0 aromatic rings. The van der Waals surface area contributed by atoms with Crippen molar-refractivity contribution in [2.45, 2.75) is 13.8 Å². The first kappa shape index (κ1) is 14.8. The van der Waals surface area contributed by atoms with E-state index in [1.54, 1.807) is 7.05 Å². The molecule has 15 heavy (non-hydrogen) atoms. The standard InChI is InChI=1S/C9H22N2O3S/c1-9(2)8-14-6-4-11-15(12,13)7-5-10-3/h9-11H,4-8H2,1-3H3. The SMILES string of the molecule is CNCCS(=O)(=O)NCCOCC(C)C. The zero-order valence-corrected chi connectivity index (χ0v) is 10.6. The summed E-state index contributed by atoms with van der Waals surface area (Å²) in [6.45, 7) is 6.00. The van der Waals surface area contributed by atoms with E-state index in [2.05, 4.69) is 23.9 Å². The Kier molecular flexibility index (Phi) is 7.95. The molecule has 2 N–H and O–H groups in total. The van der Waals surface area contributed by atoms with Gasteiger partial charge in [-0.15, -0.1) is 0 Å². The predicted molar refractivity (Wildman–Crippen MR) is 61.4 cm³/mol. The Morgan fingerprint density at radius 1 is 1.27 bits per heavy atom. The molecule has 0 aliphatic heterocycles. The highest BCUT2D eigenvalue weighted by molar-refractivity contribution is 7.89. The average Bonchev–Trinajstić information content (AvgIpc) is 2.14. The number of hydrogen-bond donors (Lipinski definition) is 2. The second-order valence-electron chi connectivity index (χ2n) is 3.79. The number of ether oxygens (including phenoxy) is 1. The van der Waals surface area contributed by atoms with Crippen LogP contribution in [0.25, 0.3) is 0 Å². The first-order chi connectivity index (χ1) is 6.98. The first-order valence-electron chi connectivity index (χ1n) is 5.17. The Morgan fingerprint density at radius 3 is 2.47 bits per heavy atom. The number of sulfonamides is 1. The van der Waals surface area contributed by atoms with Crippen molar-refractivity contribution in [3.63, 3.8) is 0 Å². The van der Waals surface area contributed by atoms with Gasteiger partial charge in [0, 0.05) is 19.7 Å². The third-order valence-corrected chi connectivity index (χ3v) is 3.03. The van der Waals surface area contributed by atoms with Gasteiger partial charge in [0.05, 0.1) is 12.4 Å². The minimum Gasteiger partial charge on any atom is -0.380 e. The van der Waals surface area contributed by atoms with Gasteiger partial charge in [0.1, 0.15) is 0 Å². The molecule has 6 heteroatoms. The van der Waals surface area contributed by atoms with Crippen LogP contribution >= 0.6 is 0 Å². The lowest BCUT2D eigenvalue weighted by Gasteiger charge is -2.08. The van der Waals surface area contributed by atoms with Gasteiger partial charge in [-0.3, -0.25) is 0 Å². The summed E-state index contributed by atoms with van der Waals surface area (Å²) >= 11 is 0. The van der Waals surface area contributed by atoms with Crippen LogP contribution in [-0.4, -0.2) is 47.5 Å². The molecular weight excluding hydrogens is 216 g/mol. The smallest absolute Gasteiger partial charge is 0.212 e.